The zero-order chi connectivity index (χ0) is 14.5. The predicted octanol–water partition coefficient (Wildman–Crippen LogP) is 3.27. The van der Waals surface area contributed by atoms with E-state index in [4.69, 9.17) is 0 Å². The minimum absolute atomic E-state index is 0.232. The van der Waals surface area contributed by atoms with Gasteiger partial charge in [0.05, 0.1) is 6.10 Å². The molecule has 0 amide bonds. The lowest BCUT2D eigenvalue weighted by Gasteiger charge is -2.15. The van der Waals surface area contributed by atoms with Gasteiger partial charge in [0.1, 0.15) is 5.82 Å². The fourth-order valence-corrected chi connectivity index (χ4v) is 2.26. The van der Waals surface area contributed by atoms with Gasteiger partial charge in [0.2, 0.25) is 0 Å². The average Bonchev–Trinajstić information content (AvgIpc) is 2.41. The Kier molecular flexibility index (Phi) is 4.88. The van der Waals surface area contributed by atoms with Crippen molar-refractivity contribution in [2.75, 3.05) is 6.54 Å². The molecule has 0 saturated heterocycles. The van der Waals surface area contributed by atoms with Gasteiger partial charge in [-0.3, -0.25) is 0 Å². The van der Waals surface area contributed by atoms with E-state index in [-0.39, 0.29) is 5.82 Å². The Balaban J connectivity index is 1.88. The quantitative estimate of drug-likeness (QED) is 0.876. The lowest BCUT2D eigenvalue weighted by Crippen LogP contribution is -2.21. The second kappa shape index (κ2) is 6.64. The minimum atomic E-state index is -0.531. The van der Waals surface area contributed by atoms with E-state index >= 15 is 0 Å². The summed E-state index contributed by atoms with van der Waals surface area (Å²) in [4.78, 5) is 0. The highest BCUT2D eigenvalue weighted by atomic mass is 19.1. The minimum Gasteiger partial charge on any atom is -0.387 e. The number of halogens is 1. The van der Waals surface area contributed by atoms with Crippen LogP contribution in [0.5, 0.6) is 0 Å². The van der Waals surface area contributed by atoms with Gasteiger partial charge in [0, 0.05) is 13.1 Å². The highest BCUT2D eigenvalue weighted by Crippen LogP contribution is 2.18. The summed E-state index contributed by atoms with van der Waals surface area (Å²) < 4.78 is 12.8. The molecule has 2 aromatic carbocycles. The normalized spacial score (nSPS) is 12.4. The van der Waals surface area contributed by atoms with E-state index in [2.05, 4.69) is 11.4 Å². The second-order valence-corrected chi connectivity index (χ2v) is 5.13. The van der Waals surface area contributed by atoms with E-state index in [0.29, 0.717) is 13.1 Å². The summed E-state index contributed by atoms with van der Waals surface area (Å²) in [6.07, 6.45) is -0.531. The van der Waals surface area contributed by atoms with Crippen molar-refractivity contribution >= 4 is 0 Å². The highest BCUT2D eigenvalue weighted by Gasteiger charge is 2.09. The van der Waals surface area contributed by atoms with Crippen molar-refractivity contribution in [1.29, 1.82) is 0 Å². The maximum atomic E-state index is 12.8. The van der Waals surface area contributed by atoms with E-state index in [9.17, 15) is 9.50 Å². The van der Waals surface area contributed by atoms with Crippen LogP contribution in [0, 0.1) is 19.7 Å². The van der Waals surface area contributed by atoms with Gasteiger partial charge in [-0.1, -0.05) is 35.9 Å². The third-order valence-corrected chi connectivity index (χ3v) is 3.36. The first-order valence-electron chi connectivity index (χ1n) is 6.76. The Morgan fingerprint density at radius 2 is 1.80 bits per heavy atom. The van der Waals surface area contributed by atoms with Gasteiger partial charge >= 0.3 is 0 Å². The lowest BCUT2D eigenvalue weighted by molar-refractivity contribution is 0.173. The molecule has 2 aromatic rings. The van der Waals surface area contributed by atoms with Crippen LogP contribution in [-0.4, -0.2) is 11.7 Å². The molecule has 0 fully saturated rings. The van der Waals surface area contributed by atoms with Crippen LogP contribution in [0.25, 0.3) is 0 Å². The van der Waals surface area contributed by atoms with E-state index in [1.54, 1.807) is 12.1 Å². The van der Waals surface area contributed by atoms with E-state index in [0.717, 1.165) is 16.7 Å². The zero-order valence-electron chi connectivity index (χ0n) is 11.9. The lowest BCUT2D eigenvalue weighted by atomic mass is 10.0. The van der Waals surface area contributed by atoms with E-state index < -0.39 is 6.10 Å². The molecular formula is C17H20FNO. The van der Waals surface area contributed by atoms with Crippen LogP contribution in [0.1, 0.15) is 28.4 Å². The summed E-state index contributed by atoms with van der Waals surface area (Å²) in [7, 11) is 0. The molecule has 0 bridgehead atoms. The Bertz CT molecular complexity index is 566. The van der Waals surface area contributed by atoms with Crippen LogP contribution in [0.2, 0.25) is 0 Å². The molecule has 20 heavy (non-hydrogen) atoms. The van der Waals surface area contributed by atoms with Crippen LogP contribution >= 0.6 is 0 Å². The molecule has 0 radical (unpaired) electrons. The number of aliphatic hydroxyl groups is 1. The largest absolute Gasteiger partial charge is 0.387 e. The highest BCUT2D eigenvalue weighted by molar-refractivity contribution is 5.32. The fraction of sp³-hybridized carbons (Fsp3) is 0.294. The van der Waals surface area contributed by atoms with E-state index in [1.165, 1.54) is 17.7 Å². The average molecular weight is 273 g/mol. The maximum Gasteiger partial charge on any atom is 0.123 e. The molecular weight excluding hydrogens is 253 g/mol. The number of benzene rings is 2. The summed E-state index contributed by atoms with van der Waals surface area (Å²) >= 11 is 0. The molecule has 3 heteroatoms. The molecule has 2 N–H and O–H groups in total. The van der Waals surface area contributed by atoms with Gasteiger partial charge in [-0.15, -0.1) is 0 Å². The van der Waals surface area contributed by atoms with Gasteiger partial charge < -0.3 is 10.4 Å². The monoisotopic (exact) mass is 273 g/mol. The Hall–Kier alpha value is -1.71. The van der Waals surface area contributed by atoms with Crippen LogP contribution in [0.15, 0.2) is 42.5 Å². The summed E-state index contributed by atoms with van der Waals surface area (Å²) in [5.41, 5.74) is 4.24. The molecule has 1 unspecified atom stereocenters. The van der Waals surface area contributed by atoms with Gasteiger partial charge in [-0.05, 0) is 42.7 Å². The SMILES string of the molecule is Cc1ccc(C(O)CNCc2ccc(F)cc2)c(C)c1. The van der Waals surface area contributed by atoms with Crippen LogP contribution in [-0.2, 0) is 6.54 Å². The summed E-state index contributed by atoms with van der Waals surface area (Å²) in [5, 5.41) is 13.4. The number of hydrogen-bond donors (Lipinski definition) is 2. The molecule has 106 valence electrons. The predicted molar refractivity (Wildman–Crippen MR) is 79.0 cm³/mol. The first-order chi connectivity index (χ1) is 9.56. The molecule has 2 nitrogen and oxygen atoms in total. The Morgan fingerprint density at radius 3 is 2.45 bits per heavy atom. The van der Waals surface area contributed by atoms with Gasteiger partial charge in [-0.25, -0.2) is 4.39 Å². The van der Waals surface area contributed by atoms with Crippen LogP contribution < -0.4 is 5.32 Å². The van der Waals surface area contributed by atoms with Gasteiger partial charge in [-0.2, -0.15) is 0 Å². The third kappa shape index (κ3) is 3.89. The second-order valence-electron chi connectivity index (χ2n) is 5.13. The number of hydrogen-bond acceptors (Lipinski definition) is 2. The standard InChI is InChI=1S/C17H20FNO/c1-12-3-8-16(13(2)9-12)17(20)11-19-10-14-4-6-15(18)7-5-14/h3-9,17,19-20H,10-11H2,1-2H3. The molecule has 0 aliphatic carbocycles. The smallest absolute Gasteiger partial charge is 0.123 e. The van der Waals surface area contributed by atoms with E-state index in [1.807, 2.05) is 26.0 Å². The van der Waals surface area contributed by atoms with Crippen molar-refractivity contribution in [2.45, 2.75) is 26.5 Å². The van der Waals surface area contributed by atoms with Crippen LogP contribution in [0.3, 0.4) is 0 Å². The van der Waals surface area contributed by atoms with Crippen molar-refractivity contribution in [3.05, 3.63) is 70.5 Å². The third-order valence-electron chi connectivity index (χ3n) is 3.36. The van der Waals surface area contributed by atoms with Gasteiger partial charge in [0.25, 0.3) is 0 Å². The molecule has 1 atom stereocenters. The summed E-state index contributed by atoms with van der Waals surface area (Å²) in [5.74, 6) is -0.232. The Morgan fingerprint density at radius 1 is 1.10 bits per heavy atom. The number of nitrogens with one attached hydrogen (secondary N) is 1. The molecule has 2 rings (SSSR count). The first kappa shape index (κ1) is 14.7. The number of rotatable bonds is 5. The molecule has 0 heterocycles. The summed E-state index contributed by atoms with van der Waals surface area (Å²) in [6.45, 7) is 5.13. The van der Waals surface area contributed by atoms with Crippen molar-refractivity contribution in [1.82, 2.24) is 5.32 Å². The molecule has 0 spiro atoms. The molecule has 0 aromatic heterocycles. The number of aliphatic hydroxyl groups excluding tert-OH is 1. The van der Waals surface area contributed by atoms with Gasteiger partial charge in [0.15, 0.2) is 0 Å². The fourth-order valence-electron chi connectivity index (χ4n) is 2.26. The zero-order valence-corrected chi connectivity index (χ0v) is 11.9. The number of aryl methyl sites for hydroxylation is 2. The molecule has 0 aliphatic heterocycles. The molecule has 0 saturated carbocycles. The first-order valence-corrected chi connectivity index (χ1v) is 6.76. The molecule has 0 aliphatic rings. The van der Waals surface area contributed by atoms with Crippen molar-refractivity contribution < 1.29 is 9.50 Å². The van der Waals surface area contributed by atoms with Crippen LogP contribution in [0.4, 0.5) is 4.39 Å². The maximum absolute atomic E-state index is 12.8. The Labute approximate surface area is 119 Å². The van der Waals surface area contributed by atoms with Crippen molar-refractivity contribution in [3.8, 4) is 0 Å². The van der Waals surface area contributed by atoms with Crippen molar-refractivity contribution in [2.24, 2.45) is 0 Å². The van der Waals surface area contributed by atoms with Crippen molar-refractivity contribution in [3.63, 3.8) is 0 Å². The topological polar surface area (TPSA) is 32.3 Å². The summed E-state index contributed by atoms with van der Waals surface area (Å²) in [6, 6.07) is 12.4.